The van der Waals surface area contributed by atoms with Crippen molar-refractivity contribution in [1.82, 2.24) is 0 Å². The largest absolute Gasteiger partial charge is 0.463 e. The maximum atomic E-state index is 12.5. The van der Waals surface area contributed by atoms with Crippen LogP contribution < -0.4 is 4.90 Å². The molecule has 0 N–H and O–H groups in total. The summed E-state index contributed by atoms with van der Waals surface area (Å²) >= 11 is 3.35. The lowest BCUT2D eigenvalue weighted by Gasteiger charge is -2.27. The Labute approximate surface area is 145 Å². The van der Waals surface area contributed by atoms with Crippen molar-refractivity contribution in [3.8, 4) is 0 Å². The Morgan fingerprint density at radius 1 is 1.22 bits per heavy atom. The van der Waals surface area contributed by atoms with Gasteiger partial charge in [0.25, 0.3) is 0 Å². The maximum Gasteiger partial charge on any atom is 0.415 e. The second-order valence-corrected chi connectivity index (χ2v) is 6.78. The number of hydrogen-bond acceptors (Lipinski definition) is 4. The highest BCUT2D eigenvalue weighted by Crippen LogP contribution is 2.22. The van der Waals surface area contributed by atoms with Gasteiger partial charge in [0.2, 0.25) is 0 Å². The van der Waals surface area contributed by atoms with E-state index in [-0.39, 0.29) is 18.7 Å². The third-order valence-corrected chi connectivity index (χ3v) is 3.19. The molecule has 0 aliphatic carbocycles. The Hall–Kier alpha value is -1.82. The fraction of sp³-hybridized carbons (Fsp3) is 0.412. The van der Waals surface area contributed by atoms with Gasteiger partial charge in [-0.05, 0) is 52.0 Å². The molecule has 0 radical (unpaired) electrons. The molecule has 0 atom stereocenters. The summed E-state index contributed by atoms with van der Waals surface area (Å²) in [6.45, 7) is 11.0. The molecule has 0 heterocycles. The van der Waals surface area contributed by atoms with Crippen LogP contribution in [0.5, 0.6) is 0 Å². The molecule has 23 heavy (non-hydrogen) atoms. The van der Waals surface area contributed by atoms with Crippen LogP contribution in [0.4, 0.5) is 10.5 Å². The number of esters is 1. The highest BCUT2D eigenvalue weighted by Gasteiger charge is 2.25. The number of nitrogens with zero attached hydrogens (tertiary/aromatic N) is 1. The highest BCUT2D eigenvalue weighted by atomic mass is 79.9. The first kappa shape index (κ1) is 19.2. The Morgan fingerprint density at radius 2 is 1.78 bits per heavy atom. The smallest absolute Gasteiger partial charge is 0.415 e. The topological polar surface area (TPSA) is 55.8 Å². The van der Waals surface area contributed by atoms with Gasteiger partial charge in [0.1, 0.15) is 5.60 Å². The van der Waals surface area contributed by atoms with Crippen molar-refractivity contribution in [2.24, 2.45) is 0 Å². The van der Waals surface area contributed by atoms with E-state index in [2.05, 4.69) is 22.5 Å². The molecule has 0 unspecified atom stereocenters. The number of benzene rings is 1. The van der Waals surface area contributed by atoms with E-state index in [4.69, 9.17) is 9.47 Å². The zero-order valence-corrected chi connectivity index (χ0v) is 15.5. The summed E-state index contributed by atoms with van der Waals surface area (Å²) in [4.78, 5) is 25.6. The van der Waals surface area contributed by atoms with Gasteiger partial charge in [-0.3, -0.25) is 4.90 Å². The van der Waals surface area contributed by atoms with E-state index in [1.54, 1.807) is 52.0 Å². The lowest BCUT2D eigenvalue weighted by Crippen LogP contribution is -2.39. The van der Waals surface area contributed by atoms with Crippen LogP contribution >= 0.6 is 15.9 Å². The molecule has 0 fully saturated rings. The van der Waals surface area contributed by atoms with Gasteiger partial charge in [0.05, 0.1) is 13.2 Å². The molecule has 1 aromatic rings. The van der Waals surface area contributed by atoms with Crippen molar-refractivity contribution in [3.05, 3.63) is 40.9 Å². The van der Waals surface area contributed by atoms with Gasteiger partial charge < -0.3 is 9.47 Å². The summed E-state index contributed by atoms with van der Waals surface area (Å²) in [6, 6.07) is 7.12. The van der Waals surface area contributed by atoms with Crippen LogP contribution in [0.1, 0.15) is 27.7 Å². The summed E-state index contributed by atoms with van der Waals surface area (Å²) in [5.74, 6) is -0.529. The average molecular weight is 384 g/mol. The van der Waals surface area contributed by atoms with Crippen molar-refractivity contribution in [2.45, 2.75) is 33.3 Å². The van der Waals surface area contributed by atoms with Crippen molar-refractivity contribution in [2.75, 3.05) is 18.1 Å². The first-order valence-corrected chi connectivity index (χ1v) is 8.04. The van der Waals surface area contributed by atoms with E-state index in [1.165, 1.54) is 4.90 Å². The van der Waals surface area contributed by atoms with Crippen LogP contribution in [-0.2, 0) is 14.3 Å². The number of rotatable bonds is 5. The molecule has 6 heteroatoms. The predicted molar refractivity (Wildman–Crippen MR) is 93.5 cm³/mol. The number of carbonyl (C=O) groups is 2. The quantitative estimate of drug-likeness (QED) is 0.561. The molecule has 0 saturated carbocycles. The lowest BCUT2D eigenvalue weighted by atomic mass is 10.2. The van der Waals surface area contributed by atoms with Crippen LogP contribution in [0.3, 0.4) is 0 Å². The summed E-state index contributed by atoms with van der Waals surface area (Å²) in [5, 5.41) is 0. The minimum Gasteiger partial charge on any atom is -0.463 e. The van der Waals surface area contributed by atoms with Crippen LogP contribution in [-0.4, -0.2) is 30.8 Å². The van der Waals surface area contributed by atoms with E-state index >= 15 is 0 Å². The number of halogens is 1. The SMILES string of the molecule is C=C(CN(C(=O)OC(C)(C)C)c1ccc(Br)cc1)C(=O)OCC. The molecule has 1 rings (SSSR count). The molecule has 0 bridgehead atoms. The minimum atomic E-state index is -0.643. The summed E-state index contributed by atoms with van der Waals surface area (Å²) in [5.41, 5.74) is 0.143. The van der Waals surface area contributed by atoms with E-state index < -0.39 is 17.7 Å². The molecule has 0 aliphatic rings. The molecular weight excluding hydrogens is 362 g/mol. The molecular formula is C17H22BrNO4. The molecule has 0 aliphatic heterocycles. The van der Waals surface area contributed by atoms with Gasteiger partial charge in [-0.2, -0.15) is 0 Å². The zero-order valence-electron chi connectivity index (χ0n) is 13.9. The van der Waals surface area contributed by atoms with Gasteiger partial charge in [0.15, 0.2) is 0 Å². The Bertz CT molecular complexity index is 575. The Morgan fingerprint density at radius 3 is 2.26 bits per heavy atom. The average Bonchev–Trinajstić information content (AvgIpc) is 2.44. The van der Waals surface area contributed by atoms with E-state index in [9.17, 15) is 9.59 Å². The summed E-state index contributed by atoms with van der Waals surface area (Å²) < 4.78 is 11.2. The molecule has 0 saturated heterocycles. The highest BCUT2D eigenvalue weighted by molar-refractivity contribution is 9.10. The molecule has 1 amide bonds. The van der Waals surface area contributed by atoms with Crippen LogP contribution in [0, 0.1) is 0 Å². The van der Waals surface area contributed by atoms with E-state index in [0.717, 1.165) is 4.47 Å². The van der Waals surface area contributed by atoms with Crippen molar-refractivity contribution < 1.29 is 19.1 Å². The van der Waals surface area contributed by atoms with E-state index in [0.29, 0.717) is 5.69 Å². The third-order valence-electron chi connectivity index (χ3n) is 2.67. The van der Waals surface area contributed by atoms with E-state index in [1.807, 2.05) is 0 Å². The van der Waals surface area contributed by atoms with Gasteiger partial charge in [-0.25, -0.2) is 9.59 Å². The molecule has 1 aromatic carbocycles. The van der Waals surface area contributed by atoms with Gasteiger partial charge in [-0.15, -0.1) is 0 Å². The fourth-order valence-corrected chi connectivity index (χ4v) is 1.95. The minimum absolute atomic E-state index is 0.00458. The van der Waals surface area contributed by atoms with Crippen molar-refractivity contribution in [1.29, 1.82) is 0 Å². The van der Waals surface area contributed by atoms with Gasteiger partial charge in [-0.1, -0.05) is 22.5 Å². The standard InChI is InChI=1S/C17H22BrNO4/c1-6-22-15(20)12(2)11-19(16(21)23-17(3,4)5)14-9-7-13(18)8-10-14/h7-10H,2,6,11H2,1,3-5H3. The van der Waals surface area contributed by atoms with Gasteiger partial charge in [0, 0.05) is 15.7 Å². The fourth-order valence-electron chi connectivity index (χ4n) is 1.69. The second-order valence-electron chi connectivity index (χ2n) is 5.87. The number of anilines is 1. The first-order valence-electron chi connectivity index (χ1n) is 7.25. The summed E-state index contributed by atoms with van der Waals surface area (Å²) in [7, 11) is 0. The maximum absolute atomic E-state index is 12.5. The zero-order chi connectivity index (χ0) is 17.6. The van der Waals surface area contributed by atoms with Crippen molar-refractivity contribution in [3.63, 3.8) is 0 Å². The molecule has 5 nitrogen and oxygen atoms in total. The third kappa shape index (κ3) is 6.44. The van der Waals surface area contributed by atoms with Crippen LogP contribution in [0.15, 0.2) is 40.9 Å². The summed E-state index contributed by atoms with van der Waals surface area (Å²) in [6.07, 6.45) is -0.551. The Kier molecular flexibility index (Phi) is 6.81. The predicted octanol–water partition coefficient (Wildman–Crippen LogP) is 4.31. The van der Waals surface area contributed by atoms with Crippen molar-refractivity contribution >= 4 is 33.7 Å². The first-order chi connectivity index (χ1) is 10.6. The Balaban J connectivity index is 3.01. The molecule has 0 aromatic heterocycles. The number of ether oxygens (including phenoxy) is 2. The van der Waals surface area contributed by atoms with Crippen LogP contribution in [0.25, 0.3) is 0 Å². The number of amides is 1. The molecule has 0 spiro atoms. The van der Waals surface area contributed by atoms with Crippen LogP contribution in [0.2, 0.25) is 0 Å². The number of hydrogen-bond donors (Lipinski definition) is 0. The second kappa shape index (κ2) is 8.15. The lowest BCUT2D eigenvalue weighted by molar-refractivity contribution is -0.138. The molecule has 126 valence electrons. The monoisotopic (exact) mass is 383 g/mol. The van der Waals surface area contributed by atoms with Gasteiger partial charge >= 0.3 is 12.1 Å². The normalized spacial score (nSPS) is 10.8. The number of carbonyl (C=O) groups excluding carboxylic acids is 2.